The van der Waals surface area contributed by atoms with Gasteiger partial charge in [0.25, 0.3) is 0 Å². The second-order valence-corrected chi connectivity index (χ2v) is 9.28. The number of hydrogen-bond acceptors (Lipinski definition) is 4. The van der Waals surface area contributed by atoms with Crippen LogP contribution in [-0.2, 0) is 19.4 Å². The fourth-order valence-electron chi connectivity index (χ4n) is 3.30. The molecule has 2 rings (SSSR count). The van der Waals surface area contributed by atoms with E-state index in [1.54, 1.807) is 0 Å². The minimum absolute atomic E-state index is 0.0357. The quantitative estimate of drug-likeness (QED) is 0.809. The monoisotopic (exact) mass is 387 g/mol. The van der Waals surface area contributed by atoms with Crippen LogP contribution in [0.15, 0.2) is 29.2 Å². The molecule has 1 N–H and O–H groups in total. The first-order valence-electron chi connectivity index (χ1n) is 8.10. The molecule has 1 aromatic carbocycles. The zero-order chi connectivity index (χ0) is 18.8. The van der Waals surface area contributed by atoms with Crippen molar-refractivity contribution in [1.82, 2.24) is 4.90 Å². The molecule has 1 amide bonds. The number of rotatable bonds is 6. The fraction of sp³-hybridized carbons (Fsp3) is 0.529. The van der Waals surface area contributed by atoms with Crippen molar-refractivity contribution in [3.05, 3.63) is 29.3 Å². The lowest BCUT2D eigenvalue weighted by molar-refractivity contribution is -0.143. The molecule has 0 aliphatic heterocycles. The Morgan fingerprint density at radius 1 is 1.24 bits per heavy atom. The molecule has 1 aliphatic carbocycles. The summed E-state index contributed by atoms with van der Waals surface area (Å²) in [6.07, 6.45) is 1.76. The van der Waals surface area contributed by atoms with Gasteiger partial charge < -0.3 is 10.0 Å². The van der Waals surface area contributed by atoms with Crippen LogP contribution in [0.1, 0.15) is 32.6 Å². The van der Waals surface area contributed by atoms with Gasteiger partial charge in [-0.2, -0.15) is 0 Å². The molecule has 0 spiro atoms. The average Bonchev–Trinajstić information content (AvgIpc) is 3.05. The molecule has 0 aromatic heterocycles. The third-order valence-electron chi connectivity index (χ3n) is 4.76. The first kappa shape index (κ1) is 19.7. The molecular formula is C17H22ClNO5S. The van der Waals surface area contributed by atoms with Gasteiger partial charge in [-0.1, -0.05) is 31.4 Å². The topological polar surface area (TPSA) is 91.8 Å². The lowest BCUT2D eigenvalue weighted by Crippen LogP contribution is -2.52. The third-order valence-corrected chi connectivity index (χ3v) is 7.51. The molecule has 0 radical (unpaired) electrons. The van der Waals surface area contributed by atoms with Crippen molar-refractivity contribution < 1.29 is 23.1 Å². The smallest absolute Gasteiger partial charge is 0.308 e. The highest BCUT2D eigenvalue weighted by molar-refractivity contribution is 7.93. The summed E-state index contributed by atoms with van der Waals surface area (Å²) < 4.78 is 24.9. The number of aliphatic carboxylic acids is 1. The van der Waals surface area contributed by atoms with Crippen LogP contribution in [0.3, 0.4) is 0 Å². The third kappa shape index (κ3) is 3.67. The summed E-state index contributed by atoms with van der Waals surface area (Å²) in [7, 11) is -2.46. The maximum absolute atomic E-state index is 13.2. The van der Waals surface area contributed by atoms with E-state index in [1.807, 2.05) is 0 Å². The number of halogens is 1. The van der Waals surface area contributed by atoms with Crippen molar-refractivity contribution in [2.24, 2.45) is 5.92 Å². The van der Waals surface area contributed by atoms with Crippen molar-refractivity contribution in [3.8, 4) is 0 Å². The van der Waals surface area contributed by atoms with Crippen LogP contribution in [0.4, 0.5) is 0 Å². The summed E-state index contributed by atoms with van der Waals surface area (Å²) in [6, 6.07) is 5.78. The van der Waals surface area contributed by atoms with Gasteiger partial charge in [-0.3, -0.25) is 9.59 Å². The van der Waals surface area contributed by atoms with Gasteiger partial charge in [-0.05, 0) is 37.1 Å². The van der Waals surface area contributed by atoms with E-state index in [2.05, 4.69) is 0 Å². The van der Waals surface area contributed by atoms with Crippen molar-refractivity contribution in [3.63, 3.8) is 0 Å². The summed E-state index contributed by atoms with van der Waals surface area (Å²) in [4.78, 5) is 25.4. The number of benzene rings is 1. The van der Waals surface area contributed by atoms with Crippen molar-refractivity contribution in [2.45, 2.75) is 42.2 Å². The lowest BCUT2D eigenvalue weighted by Gasteiger charge is -2.32. The van der Waals surface area contributed by atoms with Gasteiger partial charge in [0.2, 0.25) is 5.91 Å². The molecule has 0 bridgehead atoms. The standard InChI is InChI=1S/C17H22ClNO5S/c1-12(15(20)21)11-19(2)16(22)17(9-3-4-10-17)25(23,24)14-7-5-13(18)6-8-14/h5-8,12H,3-4,9-11H2,1-2H3,(H,20,21). The number of hydrogen-bond donors (Lipinski definition) is 1. The molecule has 6 nitrogen and oxygen atoms in total. The molecular weight excluding hydrogens is 366 g/mol. The van der Waals surface area contributed by atoms with E-state index in [1.165, 1.54) is 43.1 Å². The maximum Gasteiger partial charge on any atom is 0.308 e. The van der Waals surface area contributed by atoms with Crippen LogP contribution in [0.2, 0.25) is 5.02 Å². The minimum atomic E-state index is -3.91. The number of carboxylic acid groups (broad SMARTS) is 1. The highest BCUT2D eigenvalue weighted by Crippen LogP contribution is 2.42. The molecule has 8 heteroatoms. The molecule has 0 heterocycles. The highest BCUT2D eigenvalue weighted by Gasteiger charge is 2.54. The van der Waals surface area contributed by atoms with Gasteiger partial charge in [-0.15, -0.1) is 0 Å². The Morgan fingerprint density at radius 3 is 2.24 bits per heavy atom. The molecule has 1 unspecified atom stereocenters. The van der Waals surface area contributed by atoms with Gasteiger partial charge in [0.15, 0.2) is 14.6 Å². The molecule has 1 atom stereocenters. The van der Waals surface area contributed by atoms with Crippen molar-refractivity contribution in [2.75, 3.05) is 13.6 Å². The summed E-state index contributed by atoms with van der Waals surface area (Å²) in [6.45, 7) is 1.45. The Labute approximate surface area is 152 Å². The van der Waals surface area contributed by atoms with Gasteiger partial charge in [-0.25, -0.2) is 8.42 Å². The predicted molar refractivity (Wildman–Crippen MR) is 94.3 cm³/mol. The van der Waals surface area contributed by atoms with Crippen LogP contribution in [-0.4, -0.2) is 48.6 Å². The van der Waals surface area contributed by atoms with E-state index in [0.717, 1.165) is 0 Å². The molecule has 1 saturated carbocycles. The second kappa shape index (κ2) is 7.33. The Balaban J connectivity index is 2.39. The van der Waals surface area contributed by atoms with Crippen LogP contribution < -0.4 is 0 Å². The predicted octanol–water partition coefficient (Wildman–Crippen LogP) is 2.61. The Bertz CT molecular complexity index is 754. The zero-order valence-corrected chi connectivity index (χ0v) is 15.8. The largest absolute Gasteiger partial charge is 0.481 e. The van der Waals surface area contributed by atoms with Gasteiger partial charge in [0.1, 0.15) is 0 Å². The van der Waals surface area contributed by atoms with E-state index < -0.39 is 32.4 Å². The van der Waals surface area contributed by atoms with E-state index in [-0.39, 0.29) is 24.3 Å². The molecule has 138 valence electrons. The molecule has 0 saturated heterocycles. The minimum Gasteiger partial charge on any atom is -0.481 e. The number of carbonyl (C=O) groups is 2. The SMILES string of the molecule is CC(CN(C)C(=O)C1(S(=O)(=O)c2ccc(Cl)cc2)CCCC1)C(=O)O. The summed E-state index contributed by atoms with van der Waals surface area (Å²) >= 11 is 5.83. The number of carboxylic acids is 1. The summed E-state index contributed by atoms with van der Waals surface area (Å²) in [5, 5.41) is 9.45. The normalized spacial score (nSPS) is 17.9. The van der Waals surface area contributed by atoms with E-state index in [9.17, 15) is 18.0 Å². The number of carbonyl (C=O) groups excluding carboxylic acids is 1. The van der Waals surface area contributed by atoms with Gasteiger partial charge >= 0.3 is 5.97 Å². The van der Waals surface area contributed by atoms with Crippen molar-refractivity contribution in [1.29, 1.82) is 0 Å². The van der Waals surface area contributed by atoms with E-state index in [4.69, 9.17) is 16.7 Å². The van der Waals surface area contributed by atoms with Gasteiger partial charge in [0.05, 0.1) is 10.8 Å². The summed E-state index contributed by atoms with van der Waals surface area (Å²) in [5.41, 5.74) is 0. The number of nitrogens with zero attached hydrogens (tertiary/aromatic N) is 1. The van der Waals surface area contributed by atoms with Gasteiger partial charge in [0, 0.05) is 18.6 Å². The first-order valence-corrected chi connectivity index (χ1v) is 9.96. The van der Waals surface area contributed by atoms with Crippen molar-refractivity contribution >= 4 is 33.3 Å². The Hall–Kier alpha value is -1.60. The second-order valence-electron chi connectivity index (χ2n) is 6.58. The average molecular weight is 388 g/mol. The van der Waals surface area contributed by atoms with E-state index in [0.29, 0.717) is 17.9 Å². The number of amides is 1. The molecule has 1 fully saturated rings. The first-order chi connectivity index (χ1) is 11.6. The van der Waals surface area contributed by atoms with E-state index >= 15 is 0 Å². The molecule has 1 aliphatic rings. The number of sulfone groups is 1. The fourth-order valence-corrected chi connectivity index (χ4v) is 5.59. The molecule has 1 aromatic rings. The Kier molecular flexibility index (Phi) is 5.79. The maximum atomic E-state index is 13.2. The van der Waals surface area contributed by atoms with Crippen LogP contribution in [0.5, 0.6) is 0 Å². The molecule has 25 heavy (non-hydrogen) atoms. The van der Waals surface area contributed by atoms with Crippen LogP contribution >= 0.6 is 11.6 Å². The zero-order valence-electron chi connectivity index (χ0n) is 14.2. The Morgan fingerprint density at radius 2 is 1.76 bits per heavy atom. The summed E-state index contributed by atoms with van der Waals surface area (Å²) in [5.74, 6) is -2.33. The van der Waals surface area contributed by atoms with Crippen LogP contribution in [0, 0.1) is 5.92 Å². The lowest BCUT2D eigenvalue weighted by atomic mass is 10.0. The highest BCUT2D eigenvalue weighted by atomic mass is 35.5. The van der Waals surface area contributed by atoms with Crippen LogP contribution in [0.25, 0.3) is 0 Å².